The molecule has 0 bridgehead atoms. The van der Waals surface area contributed by atoms with Gasteiger partial charge in [0.25, 0.3) is 0 Å². The van der Waals surface area contributed by atoms with E-state index in [1.807, 2.05) is 4.90 Å². The molecule has 0 radical (unpaired) electrons. The van der Waals surface area contributed by atoms with E-state index in [2.05, 4.69) is 60.8 Å². The normalized spacial score (nSPS) is 18.2. The molecular formula is C20H22N2O. The van der Waals surface area contributed by atoms with Crippen LogP contribution >= 0.6 is 0 Å². The molecule has 2 aliphatic rings. The highest BCUT2D eigenvalue weighted by atomic mass is 16.2. The molecule has 3 nitrogen and oxygen atoms in total. The van der Waals surface area contributed by atoms with E-state index in [1.165, 1.54) is 22.3 Å². The molecule has 0 saturated heterocycles. The van der Waals surface area contributed by atoms with Crippen LogP contribution in [0.2, 0.25) is 0 Å². The fourth-order valence-corrected chi connectivity index (χ4v) is 3.44. The molecule has 1 aliphatic heterocycles. The fraction of sp³-hybridized carbons (Fsp3) is 0.350. The van der Waals surface area contributed by atoms with Crippen LogP contribution in [0.5, 0.6) is 0 Å². The second-order valence-corrected chi connectivity index (χ2v) is 6.82. The molecule has 2 amide bonds. The van der Waals surface area contributed by atoms with Gasteiger partial charge in [0.1, 0.15) is 0 Å². The molecule has 1 heterocycles. The van der Waals surface area contributed by atoms with Gasteiger partial charge in [0.15, 0.2) is 0 Å². The number of fused-ring (bicyclic) bond motifs is 1. The highest BCUT2D eigenvalue weighted by Gasteiger charge is 2.46. The van der Waals surface area contributed by atoms with E-state index in [1.54, 1.807) is 0 Å². The third kappa shape index (κ3) is 2.72. The minimum absolute atomic E-state index is 0.0672. The Balaban J connectivity index is 1.47. The van der Waals surface area contributed by atoms with Crippen molar-refractivity contribution in [3.05, 3.63) is 70.8 Å². The van der Waals surface area contributed by atoms with Gasteiger partial charge < -0.3 is 10.2 Å². The average molecular weight is 306 g/mol. The Bertz CT molecular complexity index is 732. The summed E-state index contributed by atoms with van der Waals surface area (Å²) in [5.74, 6) is 0. The maximum Gasteiger partial charge on any atom is 0.318 e. The van der Waals surface area contributed by atoms with E-state index in [-0.39, 0.29) is 11.6 Å². The summed E-state index contributed by atoms with van der Waals surface area (Å²) < 4.78 is 0. The molecule has 4 rings (SSSR count). The van der Waals surface area contributed by atoms with Gasteiger partial charge in [0.05, 0.1) is 5.54 Å². The number of carbonyl (C=O) groups excluding carboxylic acids is 1. The zero-order valence-electron chi connectivity index (χ0n) is 13.5. The fourth-order valence-electron chi connectivity index (χ4n) is 3.44. The topological polar surface area (TPSA) is 32.3 Å². The van der Waals surface area contributed by atoms with Gasteiger partial charge in [-0.25, -0.2) is 4.79 Å². The Labute approximate surface area is 137 Å². The van der Waals surface area contributed by atoms with Gasteiger partial charge in [-0.2, -0.15) is 0 Å². The van der Waals surface area contributed by atoms with E-state index < -0.39 is 0 Å². The molecule has 1 aliphatic carbocycles. The maximum absolute atomic E-state index is 12.7. The van der Waals surface area contributed by atoms with E-state index in [4.69, 9.17) is 0 Å². The SMILES string of the molecule is Cc1ccc(C2(NC(=O)N3CCc4ccccc4C3)CC2)cc1. The molecule has 3 heteroatoms. The van der Waals surface area contributed by atoms with Gasteiger partial charge in [0.2, 0.25) is 0 Å². The molecule has 23 heavy (non-hydrogen) atoms. The van der Waals surface area contributed by atoms with Crippen LogP contribution in [-0.2, 0) is 18.5 Å². The number of nitrogens with zero attached hydrogens (tertiary/aromatic N) is 1. The van der Waals surface area contributed by atoms with Crippen LogP contribution < -0.4 is 5.32 Å². The zero-order valence-corrected chi connectivity index (χ0v) is 13.5. The monoisotopic (exact) mass is 306 g/mol. The largest absolute Gasteiger partial charge is 0.328 e. The number of nitrogens with one attached hydrogen (secondary N) is 1. The number of hydrogen-bond donors (Lipinski definition) is 1. The molecule has 2 aromatic rings. The van der Waals surface area contributed by atoms with E-state index >= 15 is 0 Å². The van der Waals surface area contributed by atoms with E-state index in [0.29, 0.717) is 6.54 Å². The van der Waals surface area contributed by atoms with Gasteiger partial charge in [-0.3, -0.25) is 0 Å². The molecule has 1 saturated carbocycles. The van der Waals surface area contributed by atoms with Crippen LogP contribution in [0.25, 0.3) is 0 Å². The molecule has 2 aromatic carbocycles. The third-order valence-corrected chi connectivity index (χ3v) is 5.12. The summed E-state index contributed by atoms with van der Waals surface area (Å²) in [5.41, 5.74) is 4.99. The van der Waals surface area contributed by atoms with Crippen molar-refractivity contribution in [2.24, 2.45) is 0 Å². The summed E-state index contributed by atoms with van der Waals surface area (Å²) in [7, 11) is 0. The van der Waals surface area contributed by atoms with Crippen LogP contribution in [0.15, 0.2) is 48.5 Å². The lowest BCUT2D eigenvalue weighted by Crippen LogP contribution is -2.46. The number of amides is 2. The Morgan fingerprint density at radius 1 is 1.04 bits per heavy atom. The summed E-state index contributed by atoms with van der Waals surface area (Å²) in [5, 5.41) is 3.29. The van der Waals surface area contributed by atoms with Gasteiger partial charge in [-0.05, 0) is 42.9 Å². The second kappa shape index (κ2) is 5.41. The molecule has 118 valence electrons. The van der Waals surface area contributed by atoms with Crippen LogP contribution in [-0.4, -0.2) is 17.5 Å². The number of carbonyl (C=O) groups is 1. The molecule has 0 unspecified atom stereocenters. The highest BCUT2D eigenvalue weighted by molar-refractivity contribution is 5.76. The lowest BCUT2D eigenvalue weighted by Gasteiger charge is -2.31. The number of urea groups is 1. The minimum atomic E-state index is -0.137. The predicted octanol–water partition coefficient (Wildman–Crippen LogP) is 3.75. The van der Waals surface area contributed by atoms with Crippen LogP contribution in [0, 0.1) is 6.92 Å². The summed E-state index contributed by atoms with van der Waals surface area (Å²) in [6.45, 7) is 3.60. The van der Waals surface area contributed by atoms with Crippen LogP contribution in [0.1, 0.15) is 35.1 Å². The first-order valence-electron chi connectivity index (χ1n) is 8.37. The number of rotatable bonds is 2. The zero-order chi connectivity index (χ0) is 15.9. The van der Waals surface area contributed by atoms with E-state index in [9.17, 15) is 4.79 Å². The molecule has 0 spiro atoms. The third-order valence-electron chi connectivity index (χ3n) is 5.12. The Hall–Kier alpha value is -2.29. The van der Waals surface area contributed by atoms with E-state index in [0.717, 1.165) is 25.8 Å². The first-order valence-corrected chi connectivity index (χ1v) is 8.37. The van der Waals surface area contributed by atoms with Gasteiger partial charge in [0, 0.05) is 13.1 Å². The van der Waals surface area contributed by atoms with Gasteiger partial charge in [-0.1, -0.05) is 54.1 Å². The van der Waals surface area contributed by atoms with Crippen LogP contribution in [0.3, 0.4) is 0 Å². The van der Waals surface area contributed by atoms with Crippen LogP contribution in [0.4, 0.5) is 4.79 Å². The Morgan fingerprint density at radius 2 is 1.74 bits per heavy atom. The average Bonchev–Trinajstić information content (AvgIpc) is 3.35. The second-order valence-electron chi connectivity index (χ2n) is 6.82. The number of aryl methyl sites for hydroxylation is 1. The summed E-state index contributed by atoms with van der Waals surface area (Å²) in [6.07, 6.45) is 3.01. The van der Waals surface area contributed by atoms with Crippen molar-refractivity contribution in [2.45, 2.75) is 38.3 Å². The Morgan fingerprint density at radius 3 is 2.43 bits per heavy atom. The summed E-state index contributed by atoms with van der Waals surface area (Å²) in [6, 6.07) is 17.0. The first kappa shape index (κ1) is 14.3. The summed E-state index contributed by atoms with van der Waals surface area (Å²) in [4.78, 5) is 14.7. The van der Waals surface area contributed by atoms with Crippen molar-refractivity contribution in [1.82, 2.24) is 10.2 Å². The standard InChI is InChI=1S/C20H22N2O/c1-15-6-8-18(9-7-15)20(11-12-20)21-19(23)22-13-10-16-4-2-3-5-17(16)14-22/h2-9H,10-14H2,1H3,(H,21,23). The van der Waals surface area contributed by atoms with Crippen molar-refractivity contribution >= 4 is 6.03 Å². The predicted molar refractivity (Wildman–Crippen MR) is 91.2 cm³/mol. The molecule has 0 aromatic heterocycles. The Kier molecular flexibility index (Phi) is 3.37. The smallest absolute Gasteiger partial charge is 0.318 e. The molecule has 1 fully saturated rings. The summed E-state index contributed by atoms with van der Waals surface area (Å²) >= 11 is 0. The van der Waals surface area contributed by atoms with Gasteiger partial charge in [-0.15, -0.1) is 0 Å². The number of benzene rings is 2. The van der Waals surface area contributed by atoms with Crippen molar-refractivity contribution in [3.8, 4) is 0 Å². The van der Waals surface area contributed by atoms with Crippen molar-refractivity contribution in [1.29, 1.82) is 0 Å². The first-order chi connectivity index (χ1) is 11.2. The van der Waals surface area contributed by atoms with Crippen molar-refractivity contribution in [2.75, 3.05) is 6.54 Å². The quantitative estimate of drug-likeness (QED) is 0.900. The lowest BCUT2D eigenvalue weighted by molar-refractivity contribution is 0.187. The highest BCUT2D eigenvalue weighted by Crippen LogP contribution is 2.45. The number of hydrogen-bond acceptors (Lipinski definition) is 1. The lowest BCUT2D eigenvalue weighted by atomic mass is 10.00. The molecule has 1 N–H and O–H groups in total. The van der Waals surface area contributed by atoms with Crippen molar-refractivity contribution in [3.63, 3.8) is 0 Å². The minimum Gasteiger partial charge on any atom is -0.328 e. The van der Waals surface area contributed by atoms with Gasteiger partial charge >= 0.3 is 6.03 Å². The van der Waals surface area contributed by atoms with Crippen molar-refractivity contribution < 1.29 is 4.79 Å². The molecular weight excluding hydrogens is 284 g/mol. The maximum atomic E-state index is 12.7. The molecule has 0 atom stereocenters.